The van der Waals surface area contributed by atoms with Crippen LogP contribution in [0, 0.1) is 29.6 Å². The molecule has 5 nitrogen and oxygen atoms in total. The molecular formula is C16H26N2O3. The van der Waals surface area contributed by atoms with Crippen molar-refractivity contribution in [1.82, 2.24) is 10.6 Å². The third-order valence-electron chi connectivity index (χ3n) is 4.86. The lowest BCUT2D eigenvalue weighted by Crippen LogP contribution is -2.55. The highest BCUT2D eigenvalue weighted by Gasteiger charge is 2.46. The van der Waals surface area contributed by atoms with Crippen LogP contribution >= 0.6 is 0 Å². The van der Waals surface area contributed by atoms with Crippen molar-refractivity contribution in [2.75, 3.05) is 0 Å². The zero-order valence-corrected chi connectivity index (χ0v) is 13.3. The average Bonchev–Trinajstić information content (AvgIpc) is 2.34. The maximum absolute atomic E-state index is 12.0. The number of hydrogen-bond donors (Lipinski definition) is 3. The Kier molecular flexibility index (Phi) is 5.65. The van der Waals surface area contributed by atoms with Crippen molar-refractivity contribution in [3.8, 4) is 12.3 Å². The second-order valence-corrected chi connectivity index (χ2v) is 6.61. The van der Waals surface area contributed by atoms with Crippen LogP contribution in [0.4, 0.5) is 4.79 Å². The number of aliphatic carboxylic acids is 1. The zero-order valence-electron chi connectivity index (χ0n) is 13.3. The SMILES string of the molecule is C#CCC(C)NC(=O)NC1CCC(C(=O)O)C(C)(C)C1C. The molecule has 4 unspecified atom stereocenters. The Balaban J connectivity index is 2.64. The van der Waals surface area contributed by atoms with Gasteiger partial charge in [0.1, 0.15) is 0 Å². The van der Waals surface area contributed by atoms with Gasteiger partial charge in [-0.1, -0.05) is 20.8 Å². The Morgan fingerprint density at radius 1 is 1.43 bits per heavy atom. The van der Waals surface area contributed by atoms with Crippen molar-refractivity contribution >= 4 is 12.0 Å². The number of amides is 2. The highest BCUT2D eigenvalue weighted by molar-refractivity contribution is 5.75. The maximum Gasteiger partial charge on any atom is 0.315 e. The summed E-state index contributed by atoms with van der Waals surface area (Å²) < 4.78 is 0. The van der Waals surface area contributed by atoms with Gasteiger partial charge in [0.05, 0.1) is 5.92 Å². The molecule has 0 aromatic rings. The third-order valence-corrected chi connectivity index (χ3v) is 4.86. The van der Waals surface area contributed by atoms with E-state index in [0.717, 1.165) is 0 Å². The minimum atomic E-state index is -0.752. The van der Waals surface area contributed by atoms with Gasteiger partial charge >= 0.3 is 12.0 Å². The van der Waals surface area contributed by atoms with Crippen molar-refractivity contribution in [3.05, 3.63) is 0 Å². The second kappa shape index (κ2) is 6.84. The molecule has 0 aromatic heterocycles. The number of carboxylic acid groups (broad SMARTS) is 1. The van der Waals surface area contributed by atoms with E-state index >= 15 is 0 Å². The summed E-state index contributed by atoms with van der Waals surface area (Å²) in [6.45, 7) is 7.78. The summed E-state index contributed by atoms with van der Waals surface area (Å²) in [4.78, 5) is 23.3. The first-order chi connectivity index (χ1) is 9.70. The van der Waals surface area contributed by atoms with Gasteiger partial charge < -0.3 is 15.7 Å². The summed E-state index contributed by atoms with van der Waals surface area (Å²) in [5.74, 6) is 1.47. The Hall–Kier alpha value is -1.70. The van der Waals surface area contributed by atoms with Gasteiger partial charge in [-0.05, 0) is 31.1 Å². The first kappa shape index (κ1) is 17.4. The summed E-state index contributed by atoms with van der Waals surface area (Å²) in [7, 11) is 0. The molecule has 2 amide bonds. The summed E-state index contributed by atoms with van der Waals surface area (Å²) in [5, 5.41) is 15.1. The van der Waals surface area contributed by atoms with Crippen molar-refractivity contribution in [1.29, 1.82) is 0 Å². The maximum atomic E-state index is 12.0. The van der Waals surface area contributed by atoms with E-state index in [1.165, 1.54) is 0 Å². The van der Waals surface area contributed by atoms with Gasteiger partial charge in [0.15, 0.2) is 0 Å². The number of carbonyl (C=O) groups is 2. The number of carboxylic acids is 1. The largest absolute Gasteiger partial charge is 0.481 e. The number of hydrogen-bond acceptors (Lipinski definition) is 2. The van der Waals surface area contributed by atoms with E-state index < -0.39 is 5.97 Å². The van der Waals surface area contributed by atoms with Crippen LogP contribution < -0.4 is 10.6 Å². The quantitative estimate of drug-likeness (QED) is 0.696. The summed E-state index contributed by atoms with van der Waals surface area (Å²) in [5.41, 5.74) is -0.355. The van der Waals surface area contributed by atoms with E-state index in [0.29, 0.717) is 19.3 Å². The monoisotopic (exact) mass is 294 g/mol. The predicted octanol–water partition coefficient (Wildman–Crippen LogP) is 2.22. The number of rotatable bonds is 4. The molecule has 1 saturated carbocycles. The van der Waals surface area contributed by atoms with E-state index in [2.05, 4.69) is 16.6 Å². The number of urea groups is 1. The molecule has 1 rings (SSSR count). The molecule has 0 aliphatic heterocycles. The molecule has 4 atom stereocenters. The molecule has 5 heteroatoms. The fourth-order valence-corrected chi connectivity index (χ4v) is 3.10. The van der Waals surface area contributed by atoms with E-state index in [9.17, 15) is 14.7 Å². The molecule has 3 N–H and O–H groups in total. The Morgan fingerprint density at radius 3 is 2.57 bits per heavy atom. The van der Waals surface area contributed by atoms with E-state index in [1.54, 1.807) is 0 Å². The molecular weight excluding hydrogens is 268 g/mol. The van der Waals surface area contributed by atoms with Gasteiger partial charge in [0.2, 0.25) is 0 Å². The highest BCUT2D eigenvalue weighted by Crippen LogP contribution is 2.45. The summed E-state index contributed by atoms with van der Waals surface area (Å²) in [6, 6.07) is -0.332. The third kappa shape index (κ3) is 4.13. The summed E-state index contributed by atoms with van der Waals surface area (Å²) in [6.07, 6.45) is 6.96. The van der Waals surface area contributed by atoms with Crippen LogP contribution in [0.25, 0.3) is 0 Å². The van der Waals surface area contributed by atoms with Crippen LogP contribution in [-0.2, 0) is 4.79 Å². The van der Waals surface area contributed by atoms with Crippen LogP contribution in [-0.4, -0.2) is 29.2 Å². The minimum Gasteiger partial charge on any atom is -0.481 e. The molecule has 0 heterocycles. The highest BCUT2D eigenvalue weighted by atomic mass is 16.4. The minimum absolute atomic E-state index is 0.0198. The molecule has 1 aliphatic carbocycles. The molecule has 0 saturated heterocycles. The van der Waals surface area contributed by atoms with Gasteiger partial charge in [0, 0.05) is 18.5 Å². The Bertz CT molecular complexity index is 439. The van der Waals surface area contributed by atoms with Crippen LogP contribution in [0.2, 0.25) is 0 Å². The van der Waals surface area contributed by atoms with Gasteiger partial charge in [-0.2, -0.15) is 0 Å². The van der Waals surface area contributed by atoms with Crippen molar-refractivity contribution in [2.45, 2.75) is 59.0 Å². The fraction of sp³-hybridized carbons (Fsp3) is 0.750. The standard InChI is InChI=1S/C16H26N2O3/c1-6-7-10(2)17-15(21)18-13-9-8-12(14(19)20)16(4,5)11(13)3/h1,10-13H,7-9H2,2-5H3,(H,19,20)(H2,17,18,21). The first-order valence-electron chi connectivity index (χ1n) is 7.43. The number of nitrogens with one attached hydrogen (secondary N) is 2. The number of terminal acetylenes is 1. The van der Waals surface area contributed by atoms with Crippen LogP contribution in [0.3, 0.4) is 0 Å². The molecule has 1 aliphatic rings. The molecule has 0 bridgehead atoms. The Morgan fingerprint density at radius 2 is 2.05 bits per heavy atom. The van der Waals surface area contributed by atoms with Gasteiger partial charge in [-0.25, -0.2) is 4.79 Å². The van der Waals surface area contributed by atoms with Crippen LogP contribution in [0.15, 0.2) is 0 Å². The van der Waals surface area contributed by atoms with Crippen LogP contribution in [0.5, 0.6) is 0 Å². The predicted molar refractivity (Wildman–Crippen MR) is 81.7 cm³/mol. The first-order valence-corrected chi connectivity index (χ1v) is 7.43. The van der Waals surface area contributed by atoms with E-state index in [1.807, 2.05) is 27.7 Å². The van der Waals surface area contributed by atoms with E-state index in [4.69, 9.17) is 6.42 Å². The normalized spacial score (nSPS) is 29.0. The topological polar surface area (TPSA) is 78.4 Å². The lowest BCUT2D eigenvalue weighted by Gasteiger charge is -2.46. The molecule has 0 spiro atoms. The van der Waals surface area contributed by atoms with Crippen molar-refractivity contribution < 1.29 is 14.7 Å². The van der Waals surface area contributed by atoms with Gasteiger partial charge in [-0.3, -0.25) is 4.79 Å². The zero-order chi connectivity index (χ0) is 16.2. The fourth-order valence-electron chi connectivity index (χ4n) is 3.10. The molecule has 1 fully saturated rings. The van der Waals surface area contributed by atoms with E-state index in [-0.39, 0.29) is 35.4 Å². The van der Waals surface area contributed by atoms with Crippen molar-refractivity contribution in [3.63, 3.8) is 0 Å². The number of carbonyl (C=O) groups excluding carboxylic acids is 1. The summed E-state index contributed by atoms with van der Waals surface area (Å²) >= 11 is 0. The second-order valence-electron chi connectivity index (χ2n) is 6.61. The average molecular weight is 294 g/mol. The van der Waals surface area contributed by atoms with Crippen molar-refractivity contribution in [2.24, 2.45) is 17.3 Å². The van der Waals surface area contributed by atoms with Gasteiger partial charge in [0.25, 0.3) is 0 Å². The molecule has 118 valence electrons. The lowest BCUT2D eigenvalue weighted by atomic mass is 9.61. The Labute approximate surface area is 126 Å². The lowest BCUT2D eigenvalue weighted by molar-refractivity contribution is -0.150. The van der Waals surface area contributed by atoms with Gasteiger partial charge in [-0.15, -0.1) is 12.3 Å². The smallest absolute Gasteiger partial charge is 0.315 e. The van der Waals surface area contributed by atoms with Crippen LogP contribution in [0.1, 0.15) is 47.0 Å². The molecule has 0 aromatic carbocycles. The molecule has 0 radical (unpaired) electrons. The molecule has 21 heavy (non-hydrogen) atoms.